The number of benzene rings is 2. The van der Waals surface area contributed by atoms with Gasteiger partial charge in [-0.3, -0.25) is 16.7 Å². The van der Waals surface area contributed by atoms with E-state index in [4.69, 9.17) is 16.3 Å². The molecule has 43 heavy (non-hydrogen) atoms. The van der Waals surface area contributed by atoms with Gasteiger partial charge in [0.2, 0.25) is 10.0 Å². The summed E-state index contributed by atoms with van der Waals surface area (Å²) in [5.74, 6) is 9.17. The lowest BCUT2D eigenvalue weighted by Gasteiger charge is -2.33. The molecular weight excluding hydrogens is 608 g/mol. The molecule has 2 aromatic carbocycles. The summed E-state index contributed by atoms with van der Waals surface area (Å²) in [5, 5.41) is -0.209. The Balaban J connectivity index is 0.00000207. The molecule has 1 unspecified atom stereocenters. The average molecular weight is 649 g/mol. The van der Waals surface area contributed by atoms with Crippen molar-refractivity contribution in [3.8, 4) is 28.1 Å². The zero-order valence-electron chi connectivity index (χ0n) is 25.3. The number of nitrogens with zero attached hydrogens (tertiary/aromatic N) is 2. The first-order chi connectivity index (χ1) is 20.3. The third-order valence-electron chi connectivity index (χ3n) is 8.30. The SMILES string of the molecule is CCS(=O)(=O)N1CCC(c2c(C)cc(-c3cc(-c4ccccc4S(=O)(=O)C(C)C)c(Cl)cn3)c3c2CC(C)O3)CC1.NN. The molecule has 4 N–H and O–H groups in total. The first-order valence-corrected chi connectivity index (χ1v) is 18.0. The van der Waals surface area contributed by atoms with Crippen molar-refractivity contribution >= 4 is 31.5 Å². The van der Waals surface area contributed by atoms with Gasteiger partial charge in [0.15, 0.2) is 9.84 Å². The van der Waals surface area contributed by atoms with Gasteiger partial charge in [0.05, 0.1) is 26.6 Å². The molecule has 12 heteroatoms. The maximum atomic E-state index is 13.2. The molecule has 9 nitrogen and oxygen atoms in total. The summed E-state index contributed by atoms with van der Waals surface area (Å²) in [5.41, 5.74) is 6.18. The van der Waals surface area contributed by atoms with Crippen molar-refractivity contribution in [2.45, 2.75) is 76.0 Å². The summed E-state index contributed by atoms with van der Waals surface area (Å²) in [7, 11) is -6.75. The molecule has 2 aliphatic heterocycles. The summed E-state index contributed by atoms with van der Waals surface area (Å²) < 4.78 is 59.2. The maximum absolute atomic E-state index is 13.2. The molecule has 234 valence electrons. The number of rotatable bonds is 7. The fraction of sp³-hybridized carbons (Fsp3) is 0.452. The van der Waals surface area contributed by atoms with E-state index in [-0.39, 0.29) is 22.7 Å². The molecule has 0 aliphatic carbocycles. The third kappa shape index (κ3) is 6.48. The van der Waals surface area contributed by atoms with Crippen LogP contribution in [0.2, 0.25) is 5.02 Å². The molecule has 0 amide bonds. The van der Waals surface area contributed by atoms with Crippen molar-refractivity contribution in [2.24, 2.45) is 11.7 Å². The molecule has 3 aromatic rings. The zero-order chi connectivity index (χ0) is 31.7. The summed E-state index contributed by atoms with van der Waals surface area (Å²) in [4.78, 5) is 4.90. The molecule has 0 saturated carbocycles. The van der Waals surface area contributed by atoms with Gasteiger partial charge < -0.3 is 4.74 Å². The van der Waals surface area contributed by atoms with Gasteiger partial charge in [-0.25, -0.2) is 21.1 Å². The van der Waals surface area contributed by atoms with E-state index in [2.05, 4.69) is 29.7 Å². The summed E-state index contributed by atoms with van der Waals surface area (Å²) >= 11 is 6.64. The number of aryl methyl sites for hydroxylation is 1. The largest absolute Gasteiger partial charge is 0.489 e. The average Bonchev–Trinajstić information content (AvgIpc) is 3.39. The number of pyridine rings is 1. The van der Waals surface area contributed by atoms with Gasteiger partial charge in [-0.1, -0.05) is 29.8 Å². The van der Waals surface area contributed by atoms with Crippen molar-refractivity contribution in [2.75, 3.05) is 18.8 Å². The number of aromatic nitrogens is 1. The molecule has 0 spiro atoms. The van der Waals surface area contributed by atoms with E-state index in [0.717, 1.165) is 41.7 Å². The lowest BCUT2D eigenvalue weighted by molar-refractivity contribution is 0.255. The number of hydrogen-bond donors (Lipinski definition) is 2. The van der Waals surface area contributed by atoms with E-state index in [0.29, 0.717) is 34.9 Å². The molecule has 1 saturated heterocycles. The van der Waals surface area contributed by atoms with E-state index >= 15 is 0 Å². The normalized spacial score (nSPS) is 17.7. The van der Waals surface area contributed by atoms with Crippen molar-refractivity contribution in [3.05, 3.63) is 64.3 Å². The second-order valence-electron chi connectivity index (χ2n) is 11.3. The Morgan fingerprint density at radius 1 is 1.05 bits per heavy atom. The molecule has 2 aliphatic rings. The van der Waals surface area contributed by atoms with E-state index < -0.39 is 25.1 Å². The molecule has 1 aromatic heterocycles. The topological polar surface area (TPSA) is 146 Å². The molecular formula is C31H41ClN4O5S2. The van der Waals surface area contributed by atoms with E-state index in [1.807, 2.05) is 19.1 Å². The van der Waals surface area contributed by atoms with Crippen LogP contribution in [0.4, 0.5) is 0 Å². The highest BCUT2D eigenvalue weighted by atomic mass is 35.5. The Kier molecular flexibility index (Phi) is 10.3. The molecule has 0 bridgehead atoms. The zero-order valence-corrected chi connectivity index (χ0v) is 27.7. The van der Waals surface area contributed by atoms with Gasteiger partial charge >= 0.3 is 0 Å². The summed E-state index contributed by atoms with van der Waals surface area (Å²) in [6.45, 7) is 10.2. The minimum Gasteiger partial charge on any atom is -0.489 e. The van der Waals surface area contributed by atoms with Crippen LogP contribution in [0.1, 0.15) is 63.1 Å². The lowest BCUT2D eigenvalue weighted by Crippen LogP contribution is -2.39. The van der Waals surface area contributed by atoms with Gasteiger partial charge in [0.1, 0.15) is 11.9 Å². The van der Waals surface area contributed by atoms with Crippen molar-refractivity contribution in [3.63, 3.8) is 0 Å². The number of ether oxygens (including phenoxy) is 1. The standard InChI is InChI=1S/C31H37ClN2O5S2.H4N2/c1-6-40(35,36)34-13-11-22(12-14-34)30-20(4)15-25(31-26(30)16-21(5)39-31)28-17-24(27(32)18-33-28)23-9-7-8-10-29(23)41(37,38)19(2)3;1-2/h7-10,15,17-19,21-22H,6,11-14,16H2,1-5H3;1-2H2. The van der Waals surface area contributed by atoms with Crippen LogP contribution in [0.15, 0.2) is 47.5 Å². The van der Waals surface area contributed by atoms with Crippen LogP contribution in [0, 0.1) is 6.92 Å². The molecule has 1 fully saturated rings. The highest BCUT2D eigenvalue weighted by Gasteiger charge is 2.34. The van der Waals surface area contributed by atoms with Gasteiger partial charge in [-0.2, -0.15) is 0 Å². The number of sulfone groups is 1. The van der Waals surface area contributed by atoms with Gasteiger partial charge in [-0.05, 0) is 82.7 Å². The number of halogens is 1. The Hall–Kier alpha value is -2.54. The Morgan fingerprint density at radius 2 is 1.70 bits per heavy atom. The van der Waals surface area contributed by atoms with Crippen LogP contribution < -0.4 is 16.4 Å². The van der Waals surface area contributed by atoms with Crippen molar-refractivity contribution in [1.29, 1.82) is 0 Å². The van der Waals surface area contributed by atoms with Gasteiger partial charge in [0, 0.05) is 48.0 Å². The third-order valence-corrected chi connectivity index (χ3v) is 12.7. The fourth-order valence-corrected chi connectivity index (χ4v) is 8.70. The fourth-order valence-electron chi connectivity index (χ4n) is 6.10. The molecule has 1 atom stereocenters. The maximum Gasteiger partial charge on any atom is 0.213 e. The highest BCUT2D eigenvalue weighted by molar-refractivity contribution is 7.92. The number of piperidine rings is 1. The van der Waals surface area contributed by atoms with Crippen LogP contribution >= 0.6 is 11.6 Å². The molecule has 0 radical (unpaired) electrons. The minimum atomic E-state index is -3.55. The number of nitrogens with two attached hydrogens (primary N) is 2. The Morgan fingerprint density at radius 3 is 2.33 bits per heavy atom. The van der Waals surface area contributed by atoms with Gasteiger partial charge in [-0.15, -0.1) is 0 Å². The number of sulfonamides is 1. The van der Waals surface area contributed by atoms with E-state index in [1.165, 1.54) is 5.56 Å². The van der Waals surface area contributed by atoms with Crippen molar-refractivity contribution < 1.29 is 21.6 Å². The summed E-state index contributed by atoms with van der Waals surface area (Å²) in [6.07, 6.45) is 3.87. The van der Waals surface area contributed by atoms with E-state index in [9.17, 15) is 16.8 Å². The van der Waals surface area contributed by atoms with Crippen LogP contribution in [-0.4, -0.2) is 56.3 Å². The Bertz CT molecular complexity index is 1700. The summed E-state index contributed by atoms with van der Waals surface area (Å²) in [6, 6.07) is 10.9. The Labute approximate surface area is 260 Å². The predicted molar refractivity (Wildman–Crippen MR) is 172 cm³/mol. The van der Waals surface area contributed by atoms with E-state index in [1.54, 1.807) is 49.5 Å². The number of hydrogen-bond acceptors (Lipinski definition) is 8. The van der Waals surface area contributed by atoms with Crippen LogP contribution in [-0.2, 0) is 26.3 Å². The van der Waals surface area contributed by atoms with Crippen molar-refractivity contribution in [1.82, 2.24) is 9.29 Å². The minimum absolute atomic E-state index is 0.00598. The molecule has 5 rings (SSSR count). The first kappa shape index (κ1) is 33.4. The second-order valence-corrected chi connectivity index (χ2v) is 16.4. The van der Waals surface area contributed by atoms with Crippen LogP contribution in [0.5, 0.6) is 5.75 Å². The predicted octanol–water partition coefficient (Wildman–Crippen LogP) is 5.23. The smallest absolute Gasteiger partial charge is 0.213 e. The number of fused-ring (bicyclic) bond motifs is 1. The van der Waals surface area contributed by atoms with Gasteiger partial charge in [0.25, 0.3) is 0 Å². The number of hydrazine groups is 1. The second kappa shape index (κ2) is 13.2. The lowest BCUT2D eigenvalue weighted by atomic mass is 9.82. The molecule has 3 heterocycles. The first-order valence-electron chi connectivity index (χ1n) is 14.5. The van der Waals surface area contributed by atoms with Crippen LogP contribution in [0.25, 0.3) is 22.4 Å². The van der Waals surface area contributed by atoms with Crippen LogP contribution in [0.3, 0.4) is 0 Å². The highest BCUT2D eigenvalue weighted by Crippen LogP contribution is 2.47. The monoisotopic (exact) mass is 648 g/mol. The quantitative estimate of drug-likeness (QED) is 0.262.